The van der Waals surface area contributed by atoms with Crippen molar-refractivity contribution in [2.75, 3.05) is 5.32 Å². The zero-order chi connectivity index (χ0) is 13.2. The fourth-order valence-corrected chi connectivity index (χ4v) is 2.28. The highest BCUT2D eigenvalue weighted by Gasteiger charge is 2.13. The second-order valence-corrected chi connectivity index (χ2v) is 4.89. The standard InChI is InChI=1S/C12H11BrN6/c1-8(11-14-3-2-4-15-11)18-12-10-9(13)7-17-19(10)6-5-16-12/h2-8H,1H3,(H,16,18). The van der Waals surface area contributed by atoms with Crippen LogP contribution < -0.4 is 5.32 Å². The van der Waals surface area contributed by atoms with E-state index in [0.717, 1.165) is 21.6 Å². The van der Waals surface area contributed by atoms with Crippen LogP contribution in [0.5, 0.6) is 0 Å². The van der Waals surface area contributed by atoms with E-state index in [1.807, 2.05) is 6.92 Å². The average molecular weight is 319 g/mol. The minimum atomic E-state index is -0.0401. The Morgan fingerprint density at radius 3 is 2.79 bits per heavy atom. The van der Waals surface area contributed by atoms with E-state index in [0.29, 0.717) is 0 Å². The molecule has 0 aromatic carbocycles. The first kappa shape index (κ1) is 12.0. The average Bonchev–Trinajstić information content (AvgIpc) is 2.83. The van der Waals surface area contributed by atoms with Gasteiger partial charge in [-0.15, -0.1) is 0 Å². The van der Waals surface area contributed by atoms with Crippen LogP contribution in [-0.2, 0) is 0 Å². The smallest absolute Gasteiger partial charge is 0.153 e. The number of aromatic nitrogens is 5. The van der Waals surface area contributed by atoms with E-state index >= 15 is 0 Å². The topological polar surface area (TPSA) is 68.0 Å². The number of fused-ring (bicyclic) bond motifs is 1. The van der Waals surface area contributed by atoms with E-state index in [-0.39, 0.29) is 6.04 Å². The first-order valence-corrected chi connectivity index (χ1v) is 6.56. The first-order valence-electron chi connectivity index (χ1n) is 5.77. The highest BCUT2D eigenvalue weighted by molar-refractivity contribution is 9.10. The minimum Gasteiger partial charge on any atom is -0.359 e. The monoisotopic (exact) mass is 318 g/mol. The van der Waals surface area contributed by atoms with Crippen molar-refractivity contribution in [2.24, 2.45) is 0 Å². The Kier molecular flexibility index (Phi) is 3.12. The van der Waals surface area contributed by atoms with Gasteiger partial charge in [0.25, 0.3) is 0 Å². The fourth-order valence-electron chi connectivity index (χ4n) is 1.82. The molecule has 1 unspecified atom stereocenters. The molecule has 19 heavy (non-hydrogen) atoms. The van der Waals surface area contributed by atoms with Crippen LogP contribution in [0.2, 0.25) is 0 Å². The van der Waals surface area contributed by atoms with Crippen LogP contribution in [0.25, 0.3) is 5.52 Å². The molecule has 3 aromatic rings. The van der Waals surface area contributed by atoms with Gasteiger partial charge in [0, 0.05) is 24.8 Å². The molecular weight excluding hydrogens is 308 g/mol. The van der Waals surface area contributed by atoms with Crippen molar-refractivity contribution in [3.8, 4) is 0 Å². The summed E-state index contributed by atoms with van der Waals surface area (Å²) in [5.74, 6) is 1.47. The molecule has 0 fully saturated rings. The number of halogens is 1. The molecule has 0 aliphatic carbocycles. The molecule has 0 radical (unpaired) electrons. The van der Waals surface area contributed by atoms with Crippen LogP contribution in [0.15, 0.2) is 41.5 Å². The van der Waals surface area contributed by atoms with Gasteiger partial charge in [-0.1, -0.05) is 0 Å². The quantitative estimate of drug-likeness (QED) is 0.803. The van der Waals surface area contributed by atoms with Crippen molar-refractivity contribution >= 4 is 27.3 Å². The predicted molar refractivity (Wildman–Crippen MR) is 74.8 cm³/mol. The Morgan fingerprint density at radius 2 is 2.00 bits per heavy atom. The van der Waals surface area contributed by atoms with Gasteiger partial charge in [0.15, 0.2) is 5.82 Å². The highest BCUT2D eigenvalue weighted by Crippen LogP contribution is 2.25. The Morgan fingerprint density at radius 1 is 1.21 bits per heavy atom. The second kappa shape index (κ2) is 4.93. The number of rotatable bonds is 3. The van der Waals surface area contributed by atoms with Crippen LogP contribution in [-0.4, -0.2) is 24.6 Å². The lowest BCUT2D eigenvalue weighted by molar-refractivity contribution is 0.782. The normalized spacial score (nSPS) is 12.5. The maximum absolute atomic E-state index is 4.35. The summed E-state index contributed by atoms with van der Waals surface area (Å²) in [6, 6.07) is 1.75. The molecule has 7 heteroatoms. The van der Waals surface area contributed by atoms with E-state index < -0.39 is 0 Å². The summed E-state index contributed by atoms with van der Waals surface area (Å²) >= 11 is 3.47. The molecule has 3 aromatic heterocycles. The van der Waals surface area contributed by atoms with Crippen molar-refractivity contribution in [1.82, 2.24) is 24.6 Å². The maximum Gasteiger partial charge on any atom is 0.153 e. The van der Waals surface area contributed by atoms with E-state index in [1.165, 1.54) is 0 Å². The van der Waals surface area contributed by atoms with E-state index in [1.54, 1.807) is 41.6 Å². The summed E-state index contributed by atoms with van der Waals surface area (Å²) in [6.45, 7) is 1.99. The molecule has 3 heterocycles. The Bertz CT molecular complexity index is 696. The van der Waals surface area contributed by atoms with Crippen LogP contribution in [0, 0.1) is 0 Å². The molecule has 3 rings (SSSR count). The second-order valence-electron chi connectivity index (χ2n) is 4.03. The Balaban J connectivity index is 1.95. The van der Waals surface area contributed by atoms with Gasteiger partial charge < -0.3 is 5.32 Å². The van der Waals surface area contributed by atoms with Crippen LogP contribution >= 0.6 is 15.9 Å². The lowest BCUT2D eigenvalue weighted by atomic mass is 10.3. The molecule has 96 valence electrons. The maximum atomic E-state index is 4.35. The number of nitrogens with one attached hydrogen (secondary N) is 1. The first-order chi connectivity index (χ1) is 9.25. The summed E-state index contributed by atoms with van der Waals surface area (Å²) in [6.07, 6.45) is 8.70. The molecule has 0 amide bonds. The van der Waals surface area contributed by atoms with Gasteiger partial charge in [0.1, 0.15) is 11.3 Å². The van der Waals surface area contributed by atoms with Crippen molar-refractivity contribution in [2.45, 2.75) is 13.0 Å². The predicted octanol–water partition coefficient (Wildman–Crippen LogP) is 2.45. The van der Waals surface area contributed by atoms with E-state index in [4.69, 9.17) is 0 Å². The van der Waals surface area contributed by atoms with E-state index in [2.05, 4.69) is 41.3 Å². The lowest BCUT2D eigenvalue weighted by Gasteiger charge is -2.13. The van der Waals surface area contributed by atoms with Crippen molar-refractivity contribution in [1.29, 1.82) is 0 Å². The summed E-state index contributed by atoms with van der Waals surface area (Å²) in [5, 5.41) is 7.52. The van der Waals surface area contributed by atoms with Crippen molar-refractivity contribution < 1.29 is 0 Å². The van der Waals surface area contributed by atoms with Gasteiger partial charge in [-0.2, -0.15) is 5.10 Å². The highest BCUT2D eigenvalue weighted by atomic mass is 79.9. The molecule has 0 aliphatic heterocycles. The minimum absolute atomic E-state index is 0.0401. The fraction of sp³-hybridized carbons (Fsp3) is 0.167. The van der Waals surface area contributed by atoms with Gasteiger partial charge in [0.05, 0.1) is 16.7 Å². The Hall–Kier alpha value is -2.02. The van der Waals surface area contributed by atoms with Crippen LogP contribution in [0.3, 0.4) is 0 Å². The third-order valence-corrected chi connectivity index (χ3v) is 3.29. The van der Waals surface area contributed by atoms with Gasteiger partial charge in [0.2, 0.25) is 0 Å². The van der Waals surface area contributed by atoms with Crippen LogP contribution in [0.4, 0.5) is 5.82 Å². The number of nitrogens with zero attached hydrogens (tertiary/aromatic N) is 5. The molecule has 6 nitrogen and oxygen atoms in total. The van der Waals surface area contributed by atoms with E-state index in [9.17, 15) is 0 Å². The zero-order valence-electron chi connectivity index (χ0n) is 10.2. The third kappa shape index (κ3) is 2.28. The van der Waals surface area contributed by atoms with Gasteiger partial charge in [-0.3, -0.25) is 0 Å². The molecule has 0 aliphatic rings. The van der Waals surface area contributed by atoms with Gasteiger partial charge in [-0.05, 0) is 28.9 Å². The largest absolute Gasteiger partial charge is 0.359 e. The molecule has 1 N–H and O–H groups in total. The number of hydrogen-bond acceptors (Lipinski definition) is 5. The van der Waals surface area contributed by atoms with Crippen LogP contribution in [0.1, 0.15) is 18.8 Å². The zero-order valence-corrected chi connectivity index (χ0v) is 11.7. The number of anilines is 1. The van der Waals surface area contributed by atoms with Crippen molar-refractivity contribution in [3.05, 3.63) is 47.3 Å². The SMILES string of the molecule is CC(Nc1nccn2ncc(Br)c12)c1ncccn1. The lowest BCUT2D eigenvalue weighted by Crippen LogP contribution is -2.12. The van der Waals surface area contributed by atoms with Crippen molar-refractivity contribution in [3.63, 3.8) is 0 Å². The third-order valence-electron chi connectivity index (χ3n) is 2.71. The van der Waals surface area contributed by atoms with Gasteiger partial charge in [-0.25, -0.2) is 19.5 Å². The number of hydrogen-bond donors (Lipinski definition) is 1. The molecule has 0 saturated carbocycles. The molecular formula is C12H11BrN6. The molecule has 0 saturated heterocycles. The molecule has 0 spiro atoms. The molecule has 0 bridgehead atoms. The molecule has 1 atom stereocenters. The van der Waals surface area contributed by atoms with Gasteiger partial charge >= 0.3 is 0 Å². The summed E-state index contributed by atoms with van der Waals surface area (Å²) in [5.41, 5.74) is 0.894. The Labute approximate surface area is 118 Å². The summed E-state index contributed by atoms with van der Waals surface area (Å²) in [4.78, 5) is 12.8. The summed E-state index contributed by atoms with van der Waals surface area (Å²) < 4.78 is 2.65. The summed E-state index contributed by atoms with van der Waals surface area (Å²) in [7, 11) is 0.